The quantitative estimate of drug-likeness (QED) is 0.805. The van der Waals surface area contributed by atoms with Crippen molar-refractivity contribution in [3.8, 4) is 0 Å². The number of thiophene rings is 1. The normalized spacial score (nSPS) is 12.5. The Kier molecular flexibility index (Phi) is 4.86. The molecule has 1 aromatic carbocycles. The number of hydrogen-bond donors (Lipinski definition) is 1. The number of sulfonamides is 1. The Bertz CT molecular complexity index is 872. The first-order valence-corrected chi connectivity index (χ1v) is 10.9. The fourth-order valence-electron chi connectivity index (χ4n) is 1.91. The molecule has 120 valence electrons. The Morgan fingerprint density at radius 3 is 2.32 bits per heavy atom. The van der Waals surface area contributed by atoms with Gasteiger partial charge in [0.1, 0.15) is 4.21 Å². The lowest BCUT2D eigenvalue weighted by Crippen LogP contribution is -2.12. The van der Waals surface area contributed by atoms with Crippen molar-refractivity contribution in [2.45, 2.75) is 28.9 Å². The summed E-state index contributed by atoms with van der Waals surface area (Å²) < 4.78 is 50.1. The van der Waals surface area contributed by atoms with E-state index in [9.17, 15) is 16.8 Å². The third-order valence-electron chi connectivity index (χ3n) is 2.91. The van der Waals surface area contributed by atoms with Crippen LogP contribution in [0.15, 0.2) is 44.8 Å². The van der Waals surface area contributed by atoms with E-state index in [1.165, 1.54) is 24.3 Å². The second-order valence-electron chi connectivity index (χ2n) is 4.88. The maximum absolute atomic E-state index is 12.2. The Balaban J connectivity index is 2.45. The maximum atomic E-state index is 12.2. The van der Waals surface area contributed by atoms with Gasteiger partial charge in [0, 0.05) is 16.4 Å². The number of anilines is 1. The third kappa shape index (κ3) is 3.81. The third-order valence-corrected chi connectivity index (χ3v) is 7.08. The van der Waals surface area contributed by atoms with E-state index in [4.69, 9.17) is 10.7 Å². The van der Waals surface area contributed by atoms with Crippen LogP contribution in [-0.4, -0.2) is 16.8 Å². The van der Waals surface area contributed by atoms with Gasteiger partial charge in [-0.3, -0.25) is 4.72 Å². The lowest BCUT2D eigenvalue weighted by atomic mass is 10.0. The molecule has 0 saturated heterocycles. The predicted molar refractivity (Wildman–Crippen MR) is 88.7 cm³/mol. The van der Waals surface area contributed by atoms with Gasteiger partial charge in [0.25, 0.3) is 19.1 Å². The second kappa shape index (κ2) is 6.19. The molecule has 0 amide bonds. The van der Waals surface area contributed by atoms with Gasteiger partial charge in [-0.1, -0.05) is 19.9 Å². The predicted octanol–water partition coefficient (Wildman–Crippen LogP) is 3.60. The number of nitrogens with one attached hydrogen (secondary N) is 1. The van der Waals surface area contributed by atoms with E-state index in [0.29, 0.717) is 11.3 Å². The van der Waals surface area contributed by atoms with Crippen LogP contribution >= 0.6 is 22.0 Å². The van der Waals surface area contributed by atoms with Gasteiger partial charge in [-0.05, 0) is 41.1 Å². The molecule has 0 radical (unpaired) electrons. The van der Waals surface area contributed by atoms with Crippen LogP contribution in [0.1, 0.15) is 25.3 Å². The first kappa shape index (κ1) is 17.3. The molecule has 1 aromatic heterocycles. The zero-order chi connectivity index (χ0) is 16.5. The number of halogens is 1. The van der Waals surface area contributed by atoms with Crippen molar-refractivity contribution >= 4 is 46.8 Å². The molecule has 0 saturated carbocycles. The number of rotatable bonds is 5. The topological polar surface area (TPSA) is 80.3 Å². The Labute approximate surface area is 138 Å². The van der Waals surface area contributed by atoms with Crippen molar-refractivity contribution in [2.24, 2.45) is 0 Å². The van der Waals surface area contributed by atoms with Crippen LogP contribution in [-0.2, 0) is 19.1 Å². The Morgan fingerprint density at radius 1 is 1.14 bits per heavy atom. The SMILES string of the molecule is CC(C)c1cc(NS(=O)(=O)c2cccs2)ccc1S(=O)(=O)Cl. The summed E-state index contributed by atoms with van der Waals surface area (Å²) in [6.07, 6.45) is 0. The zero-order valence-corrected chi connectivity index (χ0v) is 15.0. The molecule has 0 aliphatic rings. The monoisotopic (exact) mass is 379 g/mol. The van der Waals surface area contributed by atoms with E-state index >= 15 is 0 Å². The molecule has 0 spiro atoms. The van der Waals surface area contributed by atoms with Crippen molar-refractivity contribution in [3.05, 3.63) is 41.3 Å². The van der Waals surface area contributed by atoms with Gasteiger partial charge in [0.2, 0.25) is 0 Å². The lowest BCUT2D eigenvalue weighted by molar-refractivity contribution is 0.603. The molecule has 2 rings (SSSR count). The van der Waals surface area contributed by atoms with E-state index in [2.05, 4.69) is 4.72 Å². The Hall–Kier alpha value is -1.09. The highest BCUT2D eigenvalue weighted by Crippen LogP contribution is 2.30. The molecule has 1 heterocycles. The molecule has 0 aliphatic carbocycles. The van der Waals surface area contributed by atoms with Crippen LogP contribution in [0.5, 0.6) is 0 Å². The summed E-state index contributed by atoms with van der Waals surface area (Å²) >= 11 is 1.10. The summed E-state index contributed by atoms with van der Waals surface area (Å²) in [6.45, 7) is 3.61. The lowest BCUT2D eigenvalue weighted by Gasteiger charge is -2.13. The van der Waals surface area contributed by atoms with Crippen LogP contribution in [0, 0.1) is 0 Å². The molecule has 9 heteroatoms. The summed E-state index contributed by atoms with van der Waals surface area (Å²) in [5.41, 5.74) is 0.752. The smallest absolute Gasteiger partial charge is 0.271 e. The van der Waals surface area contributed by atoms with Crippen LogP contribution in [0.25, 0.3) is 0 Å². The van der Waals surface area contributed by atoms with Gasteiger partial charge >= 0.3 is 0 Å². The number of benzene rings is 1. The van der Waals surface area contributed by atoms with Crippen LogP contribution < -0.4 is 4.72 Å². The average Bonchev–Trinajstić information content (AvgIpc) is 2.91. The van der Waals surface area contributed by atoms with E-state index in [-0.39, 0.29) is 15.0 Å². The van der Waals surface area contributed by atoms with Crippen molar-refractivity contribution in [1.29, 1.82) is 0 Å². The van der Waals surface area contributed by atoms with Crippen molar-refractivity contribution < 1.29 is 16.8 Å². The van der Waals surface area contributed by atoms with Crippen LogP contribution in [0.4, 0.5) is 5.69 Å². The van der Waals surface area contributed by atoms with E-state index in [0.717, 1.165) is 11.3 Å². The van der Waals surface area contributed by atoms with E-state index in [1.54, 1.807) is 25.3 Å². The molecule has 1 N–H and O–H groups in total. The molecule has 0 fully saturated rings. The van der Waals surface area contributed by atoms with Gasteiger partial charge < -0.3 is 0 Å². The van der Waals surface area contributed by atoms with Gasteiger partial charge in [-0.25, -0.2) is 16.8 Å². The van der Waals surface area contributed by atoms with Crippen molar-refractivity contribution in [2.75, 3.05) is 4.72 Å². The summed E-state index contributed by atoms with van der Waals surface area (Å²) in [7, 11) is -2.15. The minimum atomic E-state index is -3.89. The highest BCUT2D eigenvalue weighted by Gasteiger charge is 2.20. The standard InChI is InChI=1S/C13H14ClNO4S3/c1-9(2)11-8-10(5-6-12(11)21(14,16)17)15-22(18,19)13-4-3-7-20-13/h3-9,15H,1-2H3. The van der Waals surface area contributed by atoms with Gasteiger partial charge in [-0.2, -0.15) is 0 Å². The largest absolute Gasteiger partial charge is 0.279 e. The zero-order valence-electron chi connectivity index (χ0n) is 11.8. The fourth-order valence-corrected chi connectivity index (χ4v) is 5.18. The van der Waals surface area contributed by atoms with Gasteiger partial charge in [-0.15, -0.1) is 11.3 Å². The second-order valence-corrected chi connectivity index (χ2v) is 10.3. The molecular weight excluding hydrogens is 366 g/mol. The Morgan fingerprint density at radius 2 is 1.82 bits per heavy atom. The molecular formula is C13H14ClNO4S3. The molecule has 0 bridgehead atoms. The molecule has 5 nitrogen and oxygen atoms in total. The average molecular weight is 380 g/mol. The summed E-state index contributed by atoms with van der Waals surface area (Å²) in [5.74, 6) is -0.130. The first-order chi connectivity index (χ1) is 10.1. The highest BCUT2D eigenvalue weighted by atomic mass is 35.7. The minimum absolute atomic E-state index is 0.0109. The molecule has 22 heavy (non-hydrogen) atoms. The van der Waals surface area contributed by atoms with E-state index in [1.807, 2.05) is 0 Å². The summed E-state index contributed by atoms with van der Waals surface area (Å²) in [6, 6.07) is 7.32. The molecule has 2 aromatic rings. The summed E-state index contributed by atoms with van der Waals surface area (Å²) in [5, 5.41) is 1.66. The van der Waals surface area contributed by atoms with Crippen LogP contribution in [0.2, 0.25) is 0 Å². The molecule has 0 atom stereocenters. The van der Waals surface area contributed by atoms with E-state index < -0.39 is 19.1 Å². The summed E-state index contributed by atoms with van der Waals surface area (Å²) in [4.78, 5) is -0.0109. The highest BCUT2D eigenvalue weighted by molar-refractivity contribution is 8.13. The van der Waals surface area contributed by atoms with Gasteiger partial charge in [0.15, 0.2) is 0 Å². The maximum Gasteiger partial charge on any atom is 0.271 e. The first-order valence-electron chi connectivity index (χ1n) is 6.26. The fraction of sp³-hybridized carbons (Fsp3) is 0.231. The van der Waals surface area contributed by atoms with Crippen molar-refractivity contribution in [1.82, 2.24) is 0 Å². The molecule has 0 unspecified atom stereocenters. The van der Waals surface area contributed by atoms with Crippen molar-refractivity contribution in [3.63, 3.8) is 0 Å². The number of hydrogen-bond acceptors (Lipinski definition) is 5. The minimum Gasteiger partial charge on any atom is -0.279 e. The van der Waals surface area contributed by atoms with Gasteiger partial charge in [0.05, 0.1) is 4.90 Å². The van der Waals surface area contributed by atoms with Crippen LogP contribution in [0.3, 0.4) is 0 Å². The molecule has 0 aliphatic heterocycles.